The van der Waals surface area contributed by atoms with Crippen molar-refractivity contribution < 1.29 is 9.53 Å². The standard InChI is InChI=1S/C17H22O2/c1-5-12-8-19-17-11(4)16(18)10(3)14-9(2)6-7-13(12)15(14)17/h9,12-13H,3,5-8H2,1-2,4H3. The second kappa shape index (κ2) is 4.36. The predicted molar refractivity (Wildman–Crippen MR) is 75.5 cm³/mol. The van der Waals surface area contributed by atoms with Gasteiger partial charge in [-0.2, -0.15) is 0 Å². The normalized spacial score (nSPS) is 34.4. The molecule has 0 radical (unpaired) electrons. The number of carbonyl (C=O) groups is 1. The van der Waals surface area contributed by atoms with E-state index in [1.807, 2.05) is 6.92 Å². The van der Waals surface area contributed by atoms with Crippen molar-refractivity contribution in [1.29, 1.82) is 0 Å². The van der Waals surface area contributed by atoms with Crippen LogP contribution in [-0.2, 0) is 9.53 Å². The van der Waals surface area contributed by atoms with Crippen LogP contribution in [0.4, 0.5) is 0 Å². The molecule has 1 saturated heterocycles. The minimum atomic E-state index is 0.0798. The molecule has 3 rings (SSSR count). The lowest BCUT2D eigenvalue weighted by Crippen LogP contribution is -2.37. The Morgan fingerprint density at radius 2 is 2.05 bits per heavy atom. The zero-order chi connectivity index (χ0) is 13.7. The Labute approximate surface area is 115 Å². The molecular formula is C17H22O2. The summed E-state index contributed by atoms with van der Waals surface area (Å²) in [7, 11) is 0. The summed E-state index contributed by atoms with van der Waals surface area (Å²) < 4.78 is 5.96. The topological polar surface area (TPSA) is 26.3 Å². The van der Waals surface area contributed by atoms with E-state index in [-0.39, 0.29) is 5.78 Å². The van der Waals surface area contributed by atoms with Crippen LogP contribution in [0.1, 0.15) is 40.0 Å². The number of rotatable bonds is 1. The predicted octanol–water partition coefficient (Wildman–Crippen LogP) is 3.80. The third kappa shape index (κ3) is 1.65. The molecule has 1 fully saturated rings. The third-order valence-corrected chi connectivity index (χ3v) is 5.12. The van der Waals surface area contributed by atoms with E-state index in [0.29, 0.717) is 23.3 Å². The number of allylic oxidation sites excluding steroid dienone is 4. The Morgan fingerprint density at radius 1 is 1.32 bits per heavy atom. The van der Waals surface area contributed by atoms with Gasteiger partial charge < -0.3 is 4.74 Å². The molecule has 2 heteroatoms. The van der Waals surface area contributed by atoms with Crippen molar-refractivity contribution in [2.45, 2.75) is 40.0 Å². The SMILES string of the molecule is C=C1C(=O)C(C)=C2OCC(CC)C3CCC(C)C1=C23. The molecule has 3 aliphatic rings. The molecule has 1 heterocycles. The minimum Gasteiger partial charge on any atom is -0.493 e. The van der Waals surface area contributed by atoms with E-state index in [9.17, 15) is 4.79 Å². The molecule has 19 heavy (non-hydrogen) atoms. The fourth-order valence-electron chi connectivity index (χ4n) is 3.95. The molecule has 0 aromatic rings. The largest absolute Gasteiger partial charge is 0.493 e. The fraction of sp³-hybridized carbons (Fsp3) is 0.588. The highest BCUT2D eigenvalue weighted by molar-refractivity contribution is 6.13. The maximum Gasteiger partial charge on any atom is 0.192 e. The Kier molecular flexibility index (Phi) is 2.92. The van der Waals surface area contributed by atoms with E-state index in [0.717, 1.165) is 24.4 Å². The monoisotopic (exact) mass is 258 g/mol. The van der Waals surface area contributed by atoms with Gasteiger partial charge >= 0.3 is 0 Å². The second-order valence-electron chi connectivity index (χ2n) is 6.15. The van der Waals surface area contributed by atoms with Gasteiger partial charge in [-0.15, -0.1) is 0 Å². The van der Waals surface area contributed by atoms with Gasteiger partial charge in [0.25, 0.3) is 0 Å². The van der Waals surface area contributed by atoms with E-state index >= 15 is 0 Å². The summed E-state index contributed by atoms with van der Waals surface area (Å²) in [5.41, 5.74) is 3.99. The van der Waals surface area contributed by atoms with Gasteiger partial charge in [0.1, 0.15) is 5.76 Å². The molecule has 2 aliphatic carbocycles. The molecule has 0 aromatic carbocycles. The average molecular weight is 258 g/mol. The lowest BCUT2D eigenvalue weighted by atomic mass is 9.65. The van der Waals surface area contributed by atoms with Crippen molar-refractivity contribution in [2.24, 2.45) is 17.8 Å². The summed E-state index contributed by atoms with van der Waals surface area (Å²) >= 11 is 0. The van der Waals surface area contributed by atoms with Gasteiger partial charge in [0, 0.05) is 16.7 Å². The van der Waals surface area contributed by atoms with Gasteiger partial charge in [0.2, 0.25) is 0 Å². The highest BCUT2D eigenvalue weighted by Gasteiger charge is 2.43. The molecule has 1 aliphatic heterocycles. The maximum atomic E-state index is 12.3. The molecule has 3 unspecified atom stereocenters. The first-order chi connectivity index (χ1) is 9.06. The van der Waals surface area contributed by atoms with Crippen molar-refractivity contribution in [1.82, 2.24) is 0 Å². The third-order valence-electron chi connectivity index (χ3n) is 5.12. The van der Waals surface area contributed by atoms with Gasteiger partial charge in [-0.25, -0.2) is 0 Å². The Bertz CT molecular complexity index is 521. The molecule has 102 valence electrons. The number of hydrogen-bond donors (Lipinski definition) is 0. The molecular weight excluding hydrogens is 236 g/mol. The maximum absolute atomic E-state index is 12.3. The van der Waals surface area contributed by atoms with Crippen molar-refractivity contribution in [2.75, 3.05) is 6.61 Å². The van der Waals surface area contributed by atoms with E-state index in [4.69, 9.17) is 4.74 Å². The summed E-state index contributed by atoms with van der Waals surface area (Å²) in [6.07, 6.45) is 3.53. The summed E-state index contributed by atoms with van der Waals surface area (Å²) in [6, 6.07) is 0. The van der Waals surface area contributed by atoms with E-state index in [1.54, 1.807) is 0 Å². The molecule has 3 atom stereocenters. The van der Waals surface area contributed by atoms with Gasteiger partial charge in [0.15, 0.2) is 5.78 Å². The van der Waals surface area contributed by atoms with Gasteiger partial charge in [0.05, 0.1) is 6.61 Å². The van der Waals surface area contributed by atoms with Gasteiger partial charge in [-0.1, -0.05) is 20.4 Å². The number of ketones is 1. The molecule has 0 aromatic heterocycles. The summed E-state index contributed by atoms with van der Waals surface area (Å²) in [5.74, 6) is 2.56. The van der Waals surface area contributed by atoms with Crippen LogP contribution in [-0.4, -0.2) is 12.4 Å². The number of Topliss-reactive ketones (excluding diaryl/α,β-unsaturated/α-hetero) is 1. The summed E-state index contributed by atoms with van der Waals surface area (Å²) in [6.45, 7) is 11.2. The zero-order valence-electron chi connectivity index (χ0n) is 12.1. The Hall–Kier alpha value is -1.31. The van der Waals surface area contributed by atoms with Crippen molar-refractivity contribution in [3.8, 4) is 0 Å². The van der Waals surface area contributed by atoms with Crippen LogP contribution >= 0.6 is 0 Å². The molecule has 2 nitrogen and oxygen atoms in total. The Balaban J connectivity index is 2.20. The molecule has 0 bridgehead atoms. The summed E-state index contributed by atoms with van der Waals surface area (Å²) in [4.78, 5) is 12.3. The van der Waals surface area contributed by atoms with Crippen LogP contribution in [0.15, 0.2) is 34.6 Å². The first kappa shape index (κ1) is 12.7. The van der Waals surface area contributed by atoms with E-state index in [1.165, 1.54) is 24.0 Å². The lowest BCUT2D eigenvalue weighted by Gasteiger charge is -2.44. The molecule has 0 N–H and O–H groups in total. The van der Waals surface area contributed by atoms with Crippen LogP contribution in [0, 0.1) is 17.8 Å². The first-order valence-electron chi connectivity index (χ1n) is 7.38. The highest BCUT2D eigenvalue weighted by Crippen LogP contribution is 2.50. The van der Waals surface area contributed by atoms with Crippen molar-refractivity contribution in [3.05, 3.63) is 34.6 Å². The number of carbonyl (C=O) groups excluding carboxylic acids is 1. The smallest absolute Gasteiger partial charge is 0.192 e. The molecule has 0 amide bonds. The fourth-order valence-corrected chi connectivity index (χ4v) is 3.95. The van der Waals surface area contributed by atoms with Crippen molar-refractivity contribution >= 4 is 5.78 Å². The lowest BCUT2D eigenvalue weighted by molar-refractivity contribution is -0.112. The van der Waals surface area contributed by atoms with Crippen LogP contribution in [0.3, 0.4) is 0 Å². The van der Waals surface area contributed by atoms with Crippen LogP contribution < -0.4 is 0 Å². The van der Waals surface area contributed by atoms with Crippen LogP contribution in [0.5, 0.6) is 0 Å². The highest BCUT2D eigenvalue weighted by atomic mass is 16.5. The minimum absolute atomic E-state index is 0.0798. The first-order valence-corrected chi connectivity index (χ1v) is 7.38. The van der Waals surface area contributed by atoms with Gasteiger partial charge in [-0.05, 0) is 49.5 Å². The average Bonchev–Trinajstić information content (AvgIpc) is 2.42. The molecule has 0 spiro atoms. The van der Waals surface area contributed by atoms with Crippen LogP contribution in [0.2, 0.25) is 0 Å². The molecule has 0 saturated carbocycles. The summed E-state index contributed by atoms with van der Waals surface area (Å²) in [5, 5.41) is 0. The van der Waals surface area contributed by atoms with Crippen molar-refractivity contribution in [3.63, 3.8) is 0 Å². The number of hydrogen-bond acceptors (Lipinski definition) is 2. The van der Waals surface area contributed by atoms with E-state index in [2.05, 4.69) is 20.4 Å². The van der Waals surface area contributed by atoms with Gasteiger partial charge in [-0.3, -0.25) is 4.79 Å². The zero-order valence-corrected chi connectivity index (χ0v) is 12.1. The van der Waals surface area contributed by atoms with Crippen LogP contribution in [0.25, 0.3) is 0 Å². The Morgan fingerprint density at radius 3 is 2.74 bits per heavy atom. The second-order valence-corrected chi connectivity index (χ2v) is 6.15. The quantitative estimate of drug-likeness (QED) is 0.669. The van der Waals surface area contributed by atoms with E-state index < -0.39 is 0 Å². The number of ether oxygens (including phenoxy) is 1.